The van der Waals surface area contributed by atoms with Gasteiger partial charge in [-0.3, -0.25) is 9.59 Å². The molecule has 2 heterocycles. The van der Waals surface area contributed by atoms with Crippen molar-refractivity contribution >= 4 is 23.2 Å². The normalized spacial score (nSPS) is 23.9. The number of hydrogen-bond acceptors (Lipinski definition) is 3. The van der Waals surface area contributed by atoms with Crippen LogP contribution >= 0.6 is 11.3 Å². The van der Waals surface area contributed by atoms with E-state index < -0.39 is 11.9 Å². The SMILES string of the molecule is CC1CC(C(=O)O)CN(C(=O)Cc2ccsc2)C1. The van der Waals surface area contributed by atoms with Crippen molar-refractivity contribution in [2.45, 2.75) is 19.8 Å². The molecule has 1 aliphatic rings. The number of aliphatic carboxylic acids is 1. The van der Waals surface area contributed by atoms with Crippen LogP contribution in [0.25, 0.3) is 0 Å². The van der Waals surface area contributed by atoms with Crippen LogP contribution in [-0.2, 0) is 16.0 Å². The van der Waals surface area contributed by atoms with Crippen molar-refractivity contribution in [3.05, 3.63) is 22.4 Å². The van der Waals surface area contributed by atoms with E-state index in [4.69, 9.17) is 5.11 Å². The largest absolute Gasteiger partial charge is 0.481 e. The van der Waals surface area contributed by atoms with Gasteiger partial charge in [0, 0.05) is 13.1 Å². The number of carbonyl (C=O) groups is 2. The zero-order chi connectivity index (χ0) is 13.1. The molecule has 2 rings (SSSR count). The maximum absolute atomic E-state index is 12.1. The minimum absolute atomic E-state index is 0.0335. The third-order valence-corrected chi connectivity index (χ3v) is 4.03. The fourth-order valence-electron chi connectivity index (χ4n) is 2.41. The lowest BCUT2D eigenvalue weighted by molar-refractivity contribution is -0.146. The summed E-state index contributed by atoms with van der Waals surface area (Å²) in [7, 11) is 0. The van der Waals surface area contributed by atoms with Gasteiger partial charge in [0.25, 0.3) is 0 Å². The van der Waals surface area contributed by atoms with Gasteiger partial charge in [-0.15, -0.1) is 0 Å². The Morgan fingerprint density at radius 2 is 2.28 bits per heavy atom. The molecule has 0 radical (unpaired) electrons. The van der Waals surface area contributed by atoms with Gasteiger partial charge in [0.15, 0.2) is 0 Å². The van der Waals surface area contributed by atoms with E-state index in [0.717, 1.165) is 5.56 Å². The summed E-state index contributed by atoms with van der Waals surface area (Å²) in [6, 6.07) is 1.94. The van der Waals surface area contributed by atoms with Gasteiger partial charge in [0.1, 0.15) is 0 Å². The highest BCUT2D eigenvalue weighted by atomic mass is 32.1. The van der Waals surface area contributed by atoms with Gasteiger partial charge in [-0.1, -0.05) is 6.92 Å². The number of nitrogens with zero attached hydrogens (tertiary/aromatic N) is 1. The number of carbonyl (C=O) groups excluding carboxylic acids is 1. The van der Waals surface area contributed by atoms with E-state index in [9.17, 15) is 9.59 Å². The molecule has 1 aliphatic heterocycles. The third kappa shape index (κ3) is 3.10. The number of amides is 1. The van der Waals surface area contributed by atoms with Crippen molar-refractivity contribution in [3.63, 3.8) is 0 Å². The van der Waals surface area contributed by atoms with Crippen molar-refractivity contribution in [1.29, 1.82) is 0 Å². The minimum atomic E-state index is -0.796. The first kappa shape index (κ1) is 13.1. The smallest absolute Gasteiger partial charge is 0.308 e. The van der Waals surface area contributed by atoms with Gasteiger partial charge in [-0.25, -0.2) is 0 Å². The van der Waals surface area contributed by atoms with Gasteiger partial charge in [0.05, 0.1) is 12.3 Å². The van der Waals surface area contributed by atoms with Crippen LogP contribution in [-0.4, -0.2) is 35.0 Å². The average Bonchev–Trinajstić information content (AvgIpc) is 2.80. The molecule has 4 nitrogen and oxygen atoms in total. The molecule has 1 amide bonds. The highest BCUT2D eigenvalue weighted by molar-refractivity contribution is 7.07. The Morgan fingerprint density at radius 3 is 2.89 bits per heavy atom. The molecule has 2 unspecified atom stereocenters. The van der Waals surface area contributed by atoms with Crippen LogP contribution in [0.3, 0.4) is 0 Å². The van der Waals surface area contributed by atoms with Crippen LogP contribution in [0.1, 0.15) is 18.9 Å². The Morgan fingerprint density at radius 1 is 1.50 bits per heavy atom. The monoisotopic (exact) mass is 267 g/mol. The predicted octanol–water partition coefficient (Wildman–Crippen LogP) is 1.86. The topological polar surface area (TPSA) is 57.6 Å². The highest BCUT2D eigenvalue weighted by Crippen LogP contribution is 2.22. The number of thiophene rings is 1. The first-order valence-electron chi connectivity index (χ1n) is 6.08. The Bertz CT molecular complexity index is 429. The molecule has 1 N–H and O–H groups in total. The van der Waals surface area contributed by atoms with Crippen molar-refractivity contribution in [2.75, 3.05) is 13.1 Å². The van der Waals surface area contributed by atoms with Crippen LogP contribution in [0.4, 0.5) is 0 Å². The highest BCUT2D eigenvalue weighted by Gasteiger charge is 2.31. The summed E-state index contributed by atoms with van der Waals surface area (Å²) in [5, 5.41) is 13.0. The Kier molecular flexibility index (Phi) is 4.01. The quantitative estimate of drug-likeness (QED) is 0.909. The van der Waals surface area contributed by atoms with E-state index in [-0.39, 0.29) is 11.8 Å². The molecule has 0 aromatic carbocycles. The summed E-state index contributed by atoms with van der Waals surface area (Å²) in [6.07, 6.45) is 1.04. The van der Waals surface area contributed by atoms with E-state index in [2.05, 4.69) is 0 Å². The zero-order valence-corrected chi connectivity index (χ0v) is 11.2. The van der Waals surface area contributed by atoms with Crippen molar-refractivity contribution in [2.24, 2.45) is 11.8 Å². The molecule has 0 spiro atoms. The second-order valence-electron chi connectivity index (χ2n) is 4.98. The molecule has 18 heavy (non-hydrogen) atoms. The van der Waals surface area contributed by atoms with Crippen molar-refractivity contribution in [3.8, 4) is 0 Å². The van der Waals surface area contributed by atoms with Crippen LogP contribution in [0.5, 0.6) is 0 Å². The molecular weight excluding hydrogens is 250 g/mol. The Labute approximate surface area is 110 Å². The molecule has 1 aromatic heterocycles. The summed E-state index contributed by atoms with van der Waals surface area (Å²) in [5.74, 6) is -0.924. The van der Waals surface area contributed by atoms with Crippen LogP contribution in [0.2, 0.25) is 0 Å². The maximum atomic E-state index is 12.1. The molecule has 5 heteroatoms. The third-order valence-electron chi connectivity index (χ3n) is 3.30. The van der Waals surface area contributed by atoms with E-state index in [1.165, 1.54) is 0 Å². The van der Waals surface area contributed by atoms with Gasteiger partial charge in [0.2, 0.25) is 5.91 Å². The lowest BCUT2D eigenvalue weighted by Gasteiger charge is -2.34. The molecule has 0 bridgehead atoms. The summed E-state index contributed by atoms with van der Waals surface area (Å²) < 4.78 is 0. The first-order chi connectivity index (χ1) is 8.56. The first-order valence-corrected chi connectivity index (χ1v) is 7.02. The summed E-state index contributed by atoms with van der Waals surface area (Å²) in [6.45, 7) is 3.02. The summed E-state index contributed by atoms with van der Waals surface area (Å²) >= 11 is 1.57. The Hall–Kier alpha value is -1.36. The number of hydrogen-bond donors (Lipinski definition) is 1. The van der Waals surface area contributed by atoms with E-state index >= 15 is 0 Å². The summed E-state index contributed by atoms with van der Waals surface area (Å²) in [5.41, 5.74) is 1.01. The van der Waals surface area contributed by atoms with Crippen molar-refractivity contribution < 1.29 is 14.7 Å². The number of likely N-dealkylation sites (tertiary alicyclic amines) is 1. The van der Waals surface area contributed by atoms with Crippen molar-refractivity contribution in [1.82, 2.24) is 4.90 Å². The van der Waals surface area contributed by atoms with Gasteiger partial charge in [-0.2, -0.15) is 11.3 Å². The van der Waals surface area contributed by atoms with E-state index in [1.54, 1.807) is 16.2 Å². The molecule has 1 fully saturated rings. The van der Waals surface area contributed by atoms with Crippen LogP contribution in [0, 0.1) is 11.8 Å². The molecule has 1 saturated heterocycles. The number of rotatable bonds is 3. The Balaban J connectivity index is 1.99. The zero-order valence-electron chi connectivity index (χ0n) is 10.3. The number of carboxylic acid groups (broad SMARTS) is 1. The lowest BCUT2D eigenvalue weighted by Crippen LogP contribution is -2.46. The minimum Gasteiger partial charge on any atom is -0.481 e. The lowest BCUT2D eigenvalue weighted by atomic mass is 9.90. The van der Waals surface area contributed by atoms with E-state index in [1.807, 2.05) is 23.8 Å². The second kappa shape index (κ2) is 5.52. The van der Waals surface area contributed by atoms with Gasteiger partial charge >= 0.3 is 5.97 Å². The maximum Gasteiger partial charge on any atom is 0.308 e. The van der Waals surface area contributed by atoms with Crippen LogP contribution < -0.4 is 0 Å². The van der Waals surface area contributed by atoms with Crippen LogP contribution in [0.15, 0.2) is 16.8 Å². The fraction of sp³-hybridized carbons (Fsp3) is 0.538. The molecule has 1 aromatic rings. The fourth-order valence-corrected chi connectivity index (χ4v) is 3.08. The average molecular weight is 267 g/mol. The second-order valence-corrected chi connectivity index (χ2v) is 5.76. The standard InChI is InChI=1S/C13H17NO3S/c1-9-4-11(13(16)17)7-14(6-9)12(15)5-10-2-3-18-8-10/h2-3,8-9,11H,4-7H2,1H3,(H,16,17). The molecule has 2 atom stereocenters. The van der Waals surface area contributed by atoms with E-state index in [0.29, 0.717) is 25.9 Å². The number of carboxylic acids is 1. The van der Waals surface area contributed by atoms with Gasteiger partial charge < -0.3 is 10.0 Å². The molecule has 98 valence electrons. The molecule has 0 saturated carbocycles. The van der Waals surface area contributed by atoms with Gasteiger partial charge in [-0.05, 0) is 34.7 Å². The predicted molar refractivity (Wildman–Crippen MR) is 69.5 cm³/mol. The number of piperidine rings is 1. The molecular formula is C13H17NO3S. The molecule has 0 aliphatic carbocycles. The summed E-state index contributed by atoms with van der Waals surface area (Å²) in [4.78, 5) is 24.9.